The highest BCUT2D eigenvalue weighted by atomic mass is 32.2. The number of nitro groups is 1. The normalized spacial score (nSPS) is 17.4. The van der Waals surface area contributed by atoms with Gasteiger partial charge in [-0.05, 0) is 37.8 Å². The summed E-state index contributed by atoms with van der Waals surface area (Å²) in [5, 5.41) is 10.8. The molecule has 0 aromatic heterocycles. The number of sulfonamides is 1. The smallest absolute Gasteiger partial charge is 0.293 e. The lowest BCUT2D eigenvalue weighted by Crippen LogP contribution is -2.40. The Labute approximate surface area is 117 Å². The van der Waals surface area contributed by atoms with Gasteiger partial charge in [-0.25, -0.2) is 13.1 Å². The summed E-state index contributed by atoms with van der Waals surface area (Å²) < 4.78 is 27.0. The van der Waals surface area contributed by atoms with E-state index in [2.05, 4.69) is 4.72 Å². The highest BCUT2D eigenvalue weighted by Crippen LogP contribution is 2.30. The summed E-state index contributed by atoms with van der Waals surface area (Å²) in [6.45, 7) is 1.81. The van der Waals surface area contributed by atoms with Crippen LogP contribution >= 0.6 is 0 Å². The maximum Gasteiger partial charge on any atom is 0.293 e. The van der Waals surface area contributed by atoms with Gasteiger partial charge in [-0.15, -0.1) is 0 Å². The average molecular weight is 299 g/mol. The fourth-order valence-corrected chi connectivity index (χ4v) is 3.53. The van der Waals surface area contributed by atoms with Gasteiger partial charge in [-0.3, -0.25) is 10.1 Å². The molecule has 1 saturated carbocycles. The first kappa shape index (κ1) is 14.7. The van der Waals surface area contributed by atoms with Crippen LogP contribution in [-0.2, 0) is 10.0 Å². The van der Waals surface area contributed by atoms with Crippen molar-refractivity contribution in [1.82, 2.24) is 4.72 Å². The maximum absolute atomic E-state index is 12.2. The number of nitrogen functional groups attached to an aromatic ring is 1. The van der Waals surface area contributed by atoms with Crippen LogP contribution in [0.2, 0.25) is 0 Å². The zero-order valence-corrected chi connectivity index (χ0v) is 11.9. The second kappa shape index (κ2) is 5.37. The average Bonchev–Trinajstić information content (AvgIpc) is 2.25. The summed E-state index contributed by atoms with van der Waals surface area (Å²) in [7, 11) is -3.76. The van der Waals surface area contributed by atoms with Gasteiger partial charge in [0.2, 0.25) is 10.0 Å². The number of nitrogens with zero attached hydrogens (tertiary/aromatic N) is 1. The summed E-state index contributed by atoms with van der Waals surface area (Å²) in [5.41, 5.74) is 5.00. The summed E-state index contributed by atoms with van der Waals surface area (Å²) in [4.78, 5) is 9.97. The standard InChI is InChI=1S/C12H17N3O4S/c1-8(9-3-2-4-9)14-20(18,19)10-5-6-11(13)12(7-10)15(16)17/h5-9,14H,2-4,13H2,1H3. The molecular weight excluding hydrogens is 282 g/mol. The number of nitrogens with two attached hydrogens (primary N) is 1. The molecule has 1 unspecified atom stereocenters. The van der Waals surface area contributed by atoms with Crippen LogP contribution in [0.15, 0.2) is 23.1 Å². The first-order chi connectivity index (χ1) is 9.31. The Kier molecular flexibility index (Phi) is 3.96. The number of nitro benzene ring substituents is 1. The number of nitrogens with one attached hydrogen (secondary N) is 1. The van der Waals surface area contributed by atoms with E-state index in [1.54, 1.807) is 0 Å². The van der Waals surface area contributed by atoms with Gasteiger partial charge >= 0.3 is 0 Å². The minimum Gasteiger partial charge on any atom is -0.393 e. The van der Waals surface area contributed by atoms with E-state index < -0.39 is 20.6 Å². The highest BCUT2D eigenvalue weighted by molar-refractivity contribution is 7.89. The van der Waals surface area contributed by atoms with Gasteiger partial charge in [0.05, 0.1) is 9.82 Å². The predicted molar refractivity (Wildman–Crippen MR) is 74.6 cm³/mol. The van der Waals surface area contributed by atoms with Crippen molar-refractivity contribution in [3.05, 3.63) is 28.3 Å². The summed E-state index contributed by atoms with van der Waals surface area (Å²) >= 11 is 0. The molecule has 1 aromatic carbocycles. The molecule has 0 heterocycles. The van der Waals surface area contributed by atoms with Gasteiger partial charge in [-0.2, -0.15) is 0 Å². The van der Waals surface area contributed by atoms with Crippen LogP contribution in [0.4, 0.5) is 11.4 Å². The second-order valence-electron chi connectivity index (χ2n) is 5.08. The molecule has 1 aromatic rings. The lowest BCUT2D eigenvalue weighted by molar-refractivity contribution is -0.384. The maximum atomic E-state index is 12.2. The van der Waals surface area contributed by atoms with Gasteiger partial charge in [0.25, 0.3) is 5.69 Å². The molecule has 1 atom stereocenters. The quantitative estimate of drug-likeness (QED) is 0.487. The largest absolute Gasteiger partial charge is 0.393 e. The van der Waals surface area contributed by atoms with Crippen molar-refractivity contribution in [3.8, 4) is 0 Å². The third kappa shape index (κ3) is 2.91. The molecule has 0 aliphatic heterocycles. The zero-order chi connectivity index (χ0) is 14.9. The molecule has 0 amide bonds. The fourth-order valence-electron chi connectivity index (χ4n) is 2.20. The molecule has 0 bridgehead atoms. The van der Waals surface area contributed by atoms with E-state index in [9.17, 15) is 18.5 Å². The number of benzene rings is 1. The van der Waals surface area contributed by atoms with Gasteiger partial charge in [0.1, 0.15) is 5.69 Å². The third-order valence-electron chi connectivity index (χ3n) is 3.71. The fraction of sp³-hybridized carbons (Fsp3) is 0.500. The first-order valence-electron chi connectivity index (χ1n) is 6.37. The van der Waals surface area contributed by atoms with E-state index in [1.165, 1.54) is 12.1 Å². The van der Waals surface area contributed by atoms with E-state index in [1.807, 2.05) is 6.92 Å². The molecule has 0 saturated heterocycles. The van der Waals surface area contributed by atoms with E-state index in [-0.39, 0.29) is 16.6 Å². The molecule has 0 spiro atoms. The number of hydrogen-bond donors (Lipinski definition) is 2. The van der Waals surface area contributed by atoms with Crippen LogP contribution in [0.25, 0.3) is 0 Å². The van der Waals surface area contributed by atoms with Crippen LogP contribution in [0, 0.1) is 16.0 Å². The molecule has 1 aliphatic carbocycles. The van der Waals surface area contributed by atoms with Crippen LogP contribution < -0.4 is 10.5 Å². The number of hydrogen-bond acceptors (Lipinski definition) is 5. The minimum atomic E-state index is -3.76. The monoisotopic (exact) mass is 299 g/mol. The summed E-state index contributed by atoms with van der Waals surface area (Å²) in [5.74, 6) is 0.341. The molecule has 1 aliphatic rings. The van der Waals surface area contributed by atoms with Crippen molar-refractivity contribution in [3.63, 3.8) is 0 Å². The molecule has 110 valence electrons. The topological polar surface area (TPSA) is 115 Å². The first-order valence-corrected chi connectivity index (χ1v) is 7.86. The minimum absolute atomic E-state index is 0.0546. The van der Waals surface area contributed by atoms with Gasteiger partial charge in [0, 0.05) is 12.1 Å². The Morgan fingerprint density at radius 2 is 2.10 bits per heavy atom. The number of rotatable bonds is 5. The Morgan fingerprint density at radius 3 is 2.60 bits per heavy atom. The summed E-state index contributed by atoms with van der Waals surface area (Å²) in [6.07, 6.45) is 3.13. The predicted octanol–water partition coefficient (Wildman–Crippen LogP) is 1.64. The molecule has 2 rings (SSSR count). The Balaban J connectivity index is 2.24. The summed E-state index contributed by atoms with van der Waals surface area (Å²) in [6, 6.07) is 3.33. The van der Waals surface area contributed by atoms with Crippen molar-refractivity contribution in [2.24, 2.45) is 5.92 Å². The van der Waals surface area contributed by atoms with Crippen LogP contribution in [0.1, 0.15) is 26.2 Å². The number of anilines is 1. The molecule has 8 heteroatoms. The van der Waals surface area contributed by atoms with E-state index in [0.717, 1.165) is 25.3 Å². The molecular formula is C12H17N3O4S. The zero-order valence-electron chi connectivity index (χ0n) is 11.1. The Morgan fingerprint density at radius 1 is 1.45 bits per heavy atom. The SMILES string of the molecule is CC(NS(=O)(=O)c1ccc(N)c([N+](=O)[O-])c1)C1CCC1. The Hall–Kier alpha value is -1.67. The van der Waals surface area contributed by atoms with Crippen LogP contribution in [-0.4, -0.2) is 19.4 Å². The molecule has 3 N–H and O–H groups in total. The van der Waals surface area contributed by atoms with Crippen molar-refractivity contribution >= 4 is 21.4 Å². The van der Waals surface area contributed by atoms with E-state index in [0.29, 0.717) is 5.92 Å². The molecule has 1 fully saturated rings. The Bertz CT molecular complexity index is 626. The van der Waals surface area contributed by atoms with E-state index in [4.69, 9.17) is 5.73 Å². The molecule has 20 heavy (non-hydrogen) atoms. The van der Waals surface area contributed by atoms with Gasteiger partial charge in [0.15, 0.2) is 0 Å². The van der Waals surface area contributed by atoms with Crippen molar-refractivity contribution < 1.29 is 13.3 Å². The van der Waals surface area contributed by atoms with Crippen molar-refractivity contribution in [1.29, 1.82) is 0 Å². The third-order valence-corrected chi connectivity index (χ3v) is 5.26. The lowest BCUT2D eigenvalue weighted by atomic mass is 9.81. The molecule has 0 radical (unpaired) electrons. The van der Waals surface area contributed by atoms with Gasteiger partial charge in [-0.1, -0.05) is 6.42 Å². The van der Waals surface area contributed by atoms with Crippen LogP contribution in [0.3, 0.4) is 0 Å². The second-order valence-corrected chi connectivity index (χ2v) is 6.79. The lowest BCUT2D eigenvalue weighted by Gasteiger charge is -2.31. The van der Waals surface area contributed by atoms with Crippen molar-refractivity contribution in [2.75, 3.05) is 5.73 Å². The highest BCUT2D eigenvalue weighted by Gasteiger charge is 2.28. The van der Waals surface area contributed by atoms with Gasteiger partial charge < -0.3 is 5.73 Å². The van der Waals surface area contributed by atoms with Crippen molar-refractivity contribution in [2.45, 2.75) is 37.1 Å². The molecule has 7 nitrogen and oxygen atoms in total. The van der Waals surface area contributed by atoms with Crippen LogP contribution in [0.5, 0.6) is 0 Å². The van der Waals surface area contributed by atoms with E-state index >= 15 is 0 Å².